The molecule has 1 amide bonds. The standard InChI is InChI=1S/C17H23NO4/c1-13(2)22-15-8-6-7-14(11-15)12-16(19)18-10-5-4-9-17(20)21-3/h4,6-9,11,13H,5,10,12H2,1-3H3,(H,18,19)/b9-4+. The molecule has 0 aromatic heterocycles. The molecule has 5 heteroatoms. The van der Waals surface area contributed by atoms with Gasteiger partial charge in [0.1, 0.15) is 5.75 Å². The highest BCUT2D eigenvalue weighted by atomic mass is 16.5. The molecule has 0 spiro atoms. The topological polar surface area (TPSA) is 64.6 Å². The average Bonchev–Trinajstić information content (AvgIpc) is 2.46. The highest BCUT2D eigenvalue weighted by molar-refractivity contribution is 5.81. The van der Waals surface area contributed by atoms with Gasteiger partial charge in [0, 0.05) is 12.6 Å². The van der Waals surface area contributed by atoms with Crippen LogP contribution in [0.15, 0.2) is 36.4 Å². The minimum atomic E-state index is -0.395. The summed E-state index contributed by atoms with van der Waals surface area (Å²) < 4.78 is 10.1. The van der Waals surface area contributed by atoms with E-state index in [2.05, 4.69) is 10.1 Å². The van der Waals surface area contributed by atoms with E-state index >= 15 is 0 Å². The van der Waals surface area contributed by atoms with Crippen molar-refractivity contribution in [2.45, 2.75) is 32.8 Å². The zero-order valence-corrected chi connectivity index (χ0v) is 13.3. The molecule has 120 valence electrons. The molecule has 0 unspecified atom stereocenters. The van der Waals surface area contributed by atoms with E-state index in [1.165, 1.54) is 13.2 Å². The van der Waals surface area contributed by atoms with Gasteiger partial charge in [-0.15, -0.1) is 0 Å². The van der Waals surface area contributed by atoms with E-state index in [4.69, 9.17) is 4.74 Å². The molecule has 0 bridgehead atoms. The van der Waals surface area contributed by atoms with E-state index < -0.39 is 5.97 Å². The van der Waals surface area contributed by atoms with Gasteiger partial charge in [-0.2, -0.15) is 0 Å². The molecule has 1 rings (SSSR count). The summed E-state index contributed by atoms with van der Waals surface area (Å²) in [4.78, 5) is 22.7. The normalized spacial score (nSPS) is 10.7. The quantitative estimate of drug-likeness (QED) is 0.454. The minimum Gasteiger partial charge on any atom is -0.491 e. The van der Waals surface area contributed by atoms with Gasteiger partial charge in [0.15, 0.2) is 0 Å². The molecule has 0 aliphatic rings. The van der Waals surface area contributed by atoms with Crippen molar-refractivity contribution in [3.8, 4) is 5.75 Å². The van der Waals surface area contributed by atoms with Crippen LogP contribution in [-0.4, -0.2) is 31.6 Å². The Labute approximate surface area is 131 Å². The molecule has 22 heavy (non-hydrogen) atoms. The fraction of sp³-hybridized carbons (Fsp3) is 0.412. The maximum absolute atomic E-state index is 11.8. The second kappa shape index (κ2) is 9.60. The van der Waals surface area contributed by atoms with Crippen LogP contribution in [0.2, 0.25) is 0 Å². The largest absolute Gasteiger partial charge is 0.491 e. The molecular formula is C17H23NO4. The Bertz CT molecular complexity index is 523. The Morgan fingerprint density at radius 1 is 1.32 bits per heavy atom. The number of carbonyl (C=O) groups is 2. The molecule has 0 fully saturated rings. The van der Waals surface area contributed by atoms with Crippen molar-refractivity contribution in [3.63, 3.8) is 0 Å². The van der Waals surface area contributed by atoms with Gasteiger partial charge in [-0.25, -0.2) is 4.79 Å². The Morgan fingerprint density at radius 3 is 2.77 bits per heavy atom. The highest BCUT2D eigenvalue weighted by Gasteiger charge is 2.04. The van der Waals surface area contributed by atoms with Crippen molar-refractivity contribution in [2.24, 2.45) is 0 Å². The summed E-state index contributed by atoms with van der Waals surface area (Å²) in [5.41, 5.74) is 0.903. The number of rotatable bonds is 8. The first-order chi connectivity index (χ1) is 10.5. The molecule has 0 heterocycles. The maximum Gasteiger partial charge on any atom is 0.330 e. The lowest BCUT2D eigenvalue weighted by Crippen LogP contribution is -2.25. The van der Waals surface area contributed by atoms with Crippen LogP contribution >= 0.6 is 0 Å². The van der Waals surface area contributed by atoms with Crippen molar-refractivity contribution in [2.75, 3.05) is 13.7 Å². The van der Waals surface area contributed by atoms with Crippen LogP contribution in [0.1, 0.15) is 25.8 Å². The second-order valence-corrected chi connectivity index (χ2v) is 5.05. The lowest BCUT2D eigenvalue weighted by Gasteiger charge is -2.11. The van der Waals surface area contributed by atoms with E-state index in [0.717, 1.165) is 11.3 Å². The van der Waals surface area contributed by atoms with Crippen LogP contribution < -0.4 is 10.1 Å². The van der Waals surface area contributed by atoms with Gasteiger partial charge in [-0.05, 0) is 38.0 Å². The molecule has 1 aromatic rings. The van der Waals surface area contributed by atoms with Crippen LogP contribution in [0.25, 0.3) is 0 Å². The lowest BCUT2D eigenvalue weighted by molar-refractivity contribution is -0.134. The Morgan fingerprint density at radius 2 is 2.09 bits per heavy atom. The second-order valence-electron chi connectivity index (χ2n) is 5.05. The first kappa shape index (κ1) is 17.8. The Kier molecular flexibility index (Phi) is 7.75. The van der Waals surface area contributed by atoms with E-state index in [-0.39, 0.29) is 12.0 Å². The van der Waals surface area contributed by atoms with Gasteiger partial charge in [-0.3, -0.25) is 4.79 Å². The van der Waals surface area contributed by atoms with Crippen LogP contribution in [0.3, 0.4) is 0 Å². The van der Waals surface area contributed by atoms with Crippen molar-refractivity contribution in [3.05, 3.63) is 42.0 Å². The monoisotopic (exact) mass is 305 g/mol. The maximum atomic E-state index is 11.8. The number of ether oxygens (including phenoxy) is 2. The van der Waals surface area contributed by atoms with Gasteiger partial charge in [0.2, 0.25) is 5.91 Å². The third-order valence-electron chi connectivity index (χ3n) is 2.72. The summed E-state index contributed by atoms with van der Waals surface area (Å²) in [7, 11) is 1.32. The number of amides is 1. The molecule has 0 saturated heterocycles. The summed E-state index contributed by atoms with van der Waals surface area (Å²) in [6, 6.07) is 7.51. The van der Waals surface area contributed by atoms with Crippen molar-refractivity contribution in [1.29, 1.82) is 0 Å². The molecule has 1 aromatic carbocycles. The summed E-state index contributed by atoms with van der Waals surface area (Å²) in [5, 5.41) is 2.80. The minimum absolute atomic E-state index is 0.0619. The van der Waals surface area contributed by atoms with E-state index in [0.29, 0.717) is 19.4 Å². The molecule has 0 aliphatic carbocycles. The number of methoxy groups -OCH3 is 1. The van der Waals surface area contributed by atoms with Crippen molar-refractivity contribution >= 4 is 11.9 Å². The number of nitrogens with one attached hydrogen (secondary N) is 1. The fourth-order valence-corrected chi connectivity index (χ4v) is 1.79. The molecule has 0 saturated carbocycles. The van der Waals surface area contributed by atoms with Gasteiger partial charge in [0.05, 0.1) is 19.6 Å². The number of hydrogen-bond donors (Lipinski definition) is 1. The molecule has 1 N–H and O–H groups in total. The fourth-order valence-electron chi connectivity index (χ4n) is 1.79. The molecule has 5 nitrogen and oxygen atoms in total. The molecule has 0 atom stereocenters. The lowest BCUT2D eigenvalue weighted by atomic mass is 10.1. The van der Waals surface area contributed by atoms with E-state index in [9.17, 15) is 9.59 Å². The van der Waals surface area contributed by atoms with Gasteiger partial charge in [-0.1, -0.05) is 18.2 Å². The van der Waals surface area contributed by atoms with Gasteiger partial charge < -0.3 is 14.8 Å². The Hall–Kier alpha value is -2.30. The van der Waals surface area contributed by atoms with Crippen LogP contribution in [0.5, 0.6) is 5.75 Å². The zero-order valence-electron chi connectivity index (χ0n) is 13.3. The van der Waals surface area contributed by atoms with E-state index in [1.54, 1.807) is 6.08 Å². The predicted octanol–water partition coefficient (Wildman–Crippen LogP) is 2.25. The summed E-state index contributed by atoms with van der Waals surface area (Å²) in [6.45, 7) is 4.40. The number of benzene rings is 1. The number of esters is 1. The first-order valence-corrected chi connectivity index (χ1v) is 7.28. The third-order valence-corrected chi connectivity index (χ3v) is 2.72. The number of hydrogen-bond acceptors (Lipinski definition) is 4. The van der Waals surface area contributed by atoms with Crippen molar-refractivity contribution < 1.29 is 19.1 Å². The van der Waals surface area contributed by atoms with Crippen LogP contribution in [0.4, 0.5) is 0 Å². The zero-order chi connectivity index (χ0) is 16.4. The van der Waals surface area contributed by atoms with Gasteiger partial charge >= 0.3 is 5.97 Å². The van der Waals surface area contributed by atoms with Crippen LogP contribution in [-0.2, 0) is 20.7 Å². The molecule has 0 aliphatic heterocycles. The smallest absolute Gasteiger partial charge is 0.330 e. The first-order valence-electron chi connectivity index (χ1n) is 7.28. The summed E-state index contributed by atoms with van der Waals surface area (Å²) in [5.74, 6) is 0.308. The molecule has 0 radical (unpaired) electrons. The number of carbonyl (C=O) groups excluding carboxylic acids is 2. The van der Waals surface area contributed by atoms with E-state index in [1.807, 2.05) is 38.1 Å². The highest BCUT2D eigenvalue weighted by Crippen LogP contribution is 2.15. The summed E-state index contributed by atoms with van der Waals surface area (Å²) >= 11 is 0. The van der Waals surface area contributed by atoms with Crippen LogP contribution in [0, 0.1) is 0 Å². The Balaban J connectivity index is 2.36. The SMILES string of the molecule is COC(=O)/C=C/CCNC(=O)Cc1cccc(OC(C)C)c1. The van der Waals surface area contributed by atoms with Gasteiger partial charge in [0.25, 0.3) is 0 Å². The summed E-state index contributed by atoms with van der Waals surface area (Å²) in [6.07, 6.45) is 4.00. The van der Waals surface area contributed by atoms with Crippen molar-refractivity contribution in [1.82, 2.24) is 5.32 Å². The third kappa shape index (κ3) is 7.47. The molecular weight excluding hydrogens is 282 g/mol. The predicted molar refractivity (Wildman–Crippen MR) is 84.7 cm³/mol. The average molecular weight is 305 g/mol.